The highest BCUT2D eigenvalue weighted by Gasteiger charge is 2.21. The molecule has 0 spiro atoms. The molecule has 1 atom stereocenters. The largest absolute Gasteiger partial charge is 0.478 e. The number of fused-ring (bicyclic) bond motifs is 1. The molecule has 5 aromatic rings. The second-order valence-corrected chi connectivity index (χ2v) is 14.0. The average Bonchev–Trinajstić information content (AvgIpc) is 3.41. The molecule has 0 radical (unpaired) electrons. The number of rotatable bonds is 15. The number of carboxylic acids is 1. The number of carbonyl (C=O) groups is 2. The first kappa shape index (κ1) is 34.4. The smallest absolute Gasteiger partial charge is 0.335 e. The van der Waals surface area contributed by atoms with E-state index < -0.39 is 21.9 Å². The molecule has 1 heterocycles. The van der Waals surface area contributed by atoms with Crippen LogP contribution in [0.3, 0.4) is 0 Å². The maximum Gasteiger partial charge on any atom is 0.335 e. The predicted molar refractivity (Wildman–Crippen MR) is 190 cm³/mol. The molecular weight excluding hydrogens is 627 g/mol. The van der Waals surface area contributed by atoms with Crippen molar-refractivity contribution in [3.8, 4) is 11.3 Å². The van der Waals surface area contributed by atoms with Crippen molar-refractivity contribution < 1.29 is 27.9 Å². The summed E-state index contributed by atoms with van der Waals surface area (Å²) in [4.78, 5) is 28.7. The van der Waals surface area contributed by atoms with Crippen LogP contribution in [0.5, 0.6) is 0 Å². The van der Waals surface area contributed by atoms with Gasteiger partial charge >= 0.3 is 11.9 Å². The monoisotopic (exact) mass is 667 g/mol. The van der Waals surface area contributed by atoms with Gasteiger partial charge < -0.3 is 20.1 Å². The van der Waals surface area contributed by atoms with Crippen molar-refractivity contribution in [2.45, 2.75) is 39.7 Å². The Labute approximate surface area is 281 Å². The molecule has 250 valence electrons. The maximum absolute atomic E-state index is 13.4. The lowest BCUT2D eigenvalue weighted by atomic mass is 9.98. The van der Waals surface area contributed by atoms with Gasteiger partial charge in [-0.25, -0.2) is 13.2 Å². The van der Waals surface area contributed by atoms with Gasteiger partial charge in [-0.2, -0.15) is 0 Å². The Hall–Kier alpha value is -4.93. The normalized spacial score (nSPS) is 12.1. The first-order valence-electron chi connectivity index (χ1n) is 15.9. The van der Waals surface area contributed by atoms with Crippen LogP contribution in [-0.2, 0) is 39.0 Å². The molecule has 0 saturated carbocycles. The molecule has 0 fully saturated rings. The van der Waals surface area contributed by atoms with E-state index in [1.165, 1.54) is 0 Å². The van der Waals surface area contributed by atoms with Crippen LogP contribution in [0.25, 0.3) is 22.2 Å². The molecular formula is C38H41N3O6S. The summed E-state index contributed by atoms with van der Waals surface area (Å²) in [5.41, 5.74) is 8.73. The fourth-order valence-electron chi connectivity index (χ4n) is 5.94. The van der Waals surface area contributed by atoms with Crippen LogP contribution in [0.1, 0.15) is 44.6 Å². The number of aromatic amines is 1. The fraction of sp³-hybridized carbons (Fsp3) is 0.263. The summed E-state index contributed by atoms with van der Waals surface area (Å²) in [6.07, 6.45) is 2.84. The number of aryl methyl sites for hydroxylation is 3. The minimum absolute atomic E-state index is 0.183. The van der Waals surface area contributed by atoms with E-state index >= 15 is 0 Å². The number of anilines is 1. The Balaban J connectivity index is 1.31. The van der Waals surface area contributed by atoms with Gasteiger partial charge in [0.05, 0.1) is 17.7 Å². The Morgan fingerprint density at radius 2 is 1.58 bits per heavy atom. The van der Waals surface area contributed by atoms with E-state index in [4.69, 9.17) is 4.74 Å². The highest BCUT2D eigenvalue weighted by atomic mass is 32.2. The number of carbonyl (C=O) groups excluding carboxylic acids is 1. The molecule has 0 aliphatic rings. The number of hydrogen-bond acceptors (Lipinski definition) is 6. The number of ether oxygens (including phenoxy) is 1. The van der Waals surface area contributed by atoms with Crippen LogP contribution < -0.4 is 10.0 Å². The standard InChI is InChI=1S/C38H41N3O6S/c1-25-19-26(2)21-31(20-25)36-33(34-22-29(37(42)43)13-16-35(34)40-36)17-18-39-23-30(38(44)47-24-28-7-5-4-6-8-28)12-9-27-10-14-32(15-11-27)41-48(3,45)46/h4-8,10-11,13-16,19-22,30,39-41H,9,12,17-18,23-24H2,1-3H3,(H,42,43). The van der Waals surface area contributed by atoms with Crippen LogP contribution in [0.4, 0.5) is 5.69 Å². The van der Waals surface area contributed by atoms with Gasteiger partial charge in [-0.05, 0) is 104 Å². The Kier molecular flexibility index (Phi) is 11.0. The lowest BCUT2D eigenvalue weighted by Gasteiger charge is -2.17. The number of H-pyrrole nitrogens is 1. The van der Waals surface area contributed by atoms with Gasteiger partial charge in [0.25, 0.3) is 0 Å². The molecule has 1 aromatic heterocycles. The summed E-state index contributed by atoms with van der Waals surface area (Å²) < 4.78 is 31.3. The van der Waals surface area contributed by atoms with Gasteiger partial charge in [0.15, 0.2) is 0 Å². The number of hydrogen-bond donors (Lipinski definition) is 4. The lowest BCUT2D eigenvalue weighted by molar-refractivity contribution is -0.150. The van der Waals surface area contributed by atoms with Crippen LogP contribution in [0.15, 0.2) is 91.0 Å². The summed E-state index contributed by atoms with van der Waals surface area (Å²) in [5, 5.41) is 14.0. The molecule has 0 saturated heterocycles. The quantitative estimate of drug-likeness (QED) is 0.0725. The zero-order valence-corrected chi connectivity index (χ0v) is 28.2. The molecule has 1 unspecified atom stereocenters. The van der Waals surface area contributed by atoms with Crippen molar-refractivity contribution in [3.05, 3.63) is 124 Å². The van der Waals surface area contributed by atoms with Gasteiger partial charge in [-0.1, -0.05) is 59.7 Å². The van der Waals surface area contributed by atoms with E-state index in [0.717, 1.165) is 56.2 Å². The zero-order chi connectivity index (χ0) is 34.3. The number of sulfonamides is 1. The fourth-order valence-corrected chi connectivity index (χ4v) is 6.50. The van der Waals surface area contributed by atoms with Crippen molar-refractivity contribution >= 4 is 38.6 Å². The van der Waals surface area contributed by atoms with Crippen molar-refractivity contribution in [1.82, 2.24) is 10.3 Å². The summed E-state index contributed by atoms with van der Waals surface area (Å²) in [6.45, 7) is 5.24. The van der Waals surface area contributed by atoms with Crippen LogP contribution in [0, 0.1) is 19.8 Å². The van der Waals surface area contributed by atoms with E-state index in [1.54, 1.807) is 24.3 Å². The van der Waals surface area contributed by atoms with Gasteiger partial charge in [-0.15, -0.1) is 0 Å². The average molecular weight is 668 g/mol. The molecule has 5 rings (SSSR count). The van der Waals surface area contributed by atoms with E-state index in [-0.39, 0.29) is 18.1 Å². The zero-order valence-electron chi connectivity index (χ0n) is 27.4. The Morgan fingerprint density at radius 3 is 2.25 bits per heavy atom. The third kappa shape index (κ3) is 9.33. The van der Waals surface area contributed by atoms with Gasteiger partial charge in [0, 0.05) is 28.8 Å². The molecule has 4 aromatic carbocycles. The number of aromatic carboxylic acids is 1. The van der Waals surface area contributed by atoms with Crippen LogP contribution in [-0.4, -0.2) is 49.8 Å². The molecule has 0 amide bonds. The minimum Gasteiger partial charge on any atom is -0.478 e. The maximum atomic E-state index is 13.4. The van der Waals surface area contributed by atoms with Gasteiger partial charge in [0.2, 0.25) is 10.0 Å². The molecule has 0 aliphatic carbocycles. The Morgan fingerprint density at radius 1 is 0.875 bits per heavy atom. The summed E-state index contributed by atoms with van der Waals surface area (Å²) in [7, 11) is -3.37. The summed E-state index contributed by atoms with van der Waals surface area (Å²) >= 11 is 0. The van der Waals surface area contributed by atoms with Crippen molar-refractivity contribution in [3.63, 3.8) is 0 Å². The number of aromatic nitrogens is 1. The van der Waals surface area contributed by atoms with Crippen LogP contribution >= 0.6 is 0 Å². The van der Waals surface area contributed by atoms with Crippen LogP contribution in [0.2, 0.25) is 0 Å². The molecule has 10 heteroatoms. The lowest BCUT2D eigenvalue weighted by Crippen LogP contribution is -2.31. The van der Waals surface area contributed by atoms with Crippen molar-refractivity contribution in [2.24, 2.45) is 5.92 Å². The third-order valence-corrected chi connectivity index (χ3v) is 8.81. The van der Waals surface area contributed by atoms with E-state index in [0.29, 0.717) is 38.0 Å². The first-order valence-corrected chi connectivity index (χ1v) is 17.8. The second kappa shape index (κ2) is 15.3. The number of carboxylic acid groups (broad SMARTS) is 1. The topological polar surface area (TPSA) is 138 Å². The Bertz CT molecular complexity index is 1980. The van der Waals surface area contributed by atoms with Gasteiger partial charge in [-0.3, -0.25) is 9.52 Å². The molecule has 9 nitrogen and oxygen atoms in total. The second-order valence-electron chi connectivity index (χ2n) is 12.3. The van der Waals surface area contributed by atoms with E-state index in [1.807, 2.05) is 48.5 Å². The minimum atomic E-state index is -3.37. The van der Waals surface area contributed by atoms with Crippen molar-refractivity contribution in [2.75, 3.05) is 24.1 Å². The molecule has 4 N–H and O–H groups in total. The highest BCUT2D eigenvalue weighted by molar-refractivity contribution is 7.92. The van der Waals surface area contributed by atoms with E-state index in [9.17, 15) is 23.1 Å². The molecule has 48 heavy (non-hydrogen) atoms. The van der Waals surface area contributed by atoms with Gasteiger partial charge in [0.1, 0.15) is 6.61 Å². The number of benzene rings is 4. The highest BCUT2D eigenvalue weighted by Crippen LogP contribution is 2.32. The predicted octanol–water partition coefficient (Wildman–Crippen LogP) is 6.65. The number of esters is 1. The van der Waals surface area contributed by atoms with E-state index in [2.05, 4.69) is 47.1 Å². The third-order valence-electron chi connectivity index (χ3n) is 8.20. The molecule has 0 aliphatic heterocycles. The summed E-state index contributed by atoms with van der Waals surface area (Å²) in [6, 6.07) is 28.2. The first-order chi connectivity index (χ1) is 22.9. The summed E-state index contributed by atoms with van der Waals surface area (Å²) in [5.74, 6) is -1.70. The molecule has 0 bridgehead atoms. The number of nitrogens with one attached hydrogen (secondary N) is 3. The van der Waals surface area contributed by atoms with Crippen molar-refractivity contribution in [1.29, 1.82) is 0 Å². The SMILES string of the molecule is Cc1cc(C)cc(-c2[nH]c3ccc(C(=O)O)cc3c2CCNCC(CCc2ccc(NS(C)(=O)=O)cc2)C(=O)OCc2ccccc2)c1.